The number of carbonyl (C=O) groups excluding carboxylic acids is 5. The Labute approximate surface area is 362 Å². The molecule has 5 amide bonds. The number of piperazine rings is 1. The molecule has 18 nitrogen and oxygen atoms in total. The van der Waals surface area contributed by atoms with Crippen LogP contribution in [0, 0.1) is 5.92 Å². The maximum Gasteiger partial charge on any atom is 0.284 e. The van der Waals surface area contributed by atoms with Gasteiger partial charge in [-0.15, -0.1) is 0 Å². The first-order chi connectivity index (χ1) is 30.5. The van der Waals surface area contributed by atoms with Crippen molar-refractivity contribution < 1.29 is 37.5 Å². The van der Waals surface area contributed by atoms with Gasteiger partial charge in [0.25, 0.3) is 24.1 Å². The van der Waals surface area contributed by atoms with Gasteiger partial charge >= 0.3 is 0 Å². The van der Waals surface area contributed by atoms with Gasteiger partial charge in [0, 0.05) is 64.6 Å². The summed E-state index contributed by atoms with van der Waals surface area (Å²) in [5.41, 5.74) is 1.34. The third-order valence-corrected chi connectivity index (χ3v) is 13.1. The summed E-state index contributed by atoms with van der Waals surface area (Å²) in [6, 6.07) is 6.02. The molecule has 0 bridgehead atoms. The standard InChI is InChI=1S/C43H52F2N12O6/c1-51(13-3-14-52-16-18-53(19-17-52)32-5-2-4-29-36(32)43(62)57(42(29)61)33-10-11-35(58)49-41(33)60)25-27-6-8-28(9-7-27)56-26-31(37(50-56)38(44)45)47-40(59)30-24-46-55-15-12-34(48-39(30)55)54-20-22-63-23-21-54/h2,4-5,12,15,24,26-28,33,38H,3,6-11,13-14,16-23,25H2,1H3,(H,47,59)(H,49,58,60)/t27-,28-,33?. The van der Waals surface area contributed by atoms with Crippen LogP contribution in [0.3, 0.4) is 0 Å². The number of ether oxygens (including phenoxy) is 1. The normalized spacial score (nSPS) is 22.4. The molecule has 4 aromatic rings. The summed E-state index contributed by atoms with van der Waals surface area (Å²) in [5.74, 6) is -1.44. The molecule has 1 atom stereocenters. The van der Waals surface area contributed by atoms with Crippen LogP contribution in [0.1, 0.15) is 94.2 Å². The van der Waals surface area contributed by atoms with E-state index in [-0.39, 0.29) is 35.7 Å². The number of carbonyl (C=O) groups is 5. The van der Waals surface area contributed by atoms with Gasteiger partial charge in [0.05, 0.1) is 48.0 Å². The Morgan fingerprint density at radius 1 is 0.968 bits per heavy atom. The van der Waals surface area contributed by atoms with Gasteiger partial charge < -0.3 is 24.8 Å². The molecule has 5 aliphatic rings. The fourth-order valence-corrected chi connectivity index (χ4v) is 9.69. The number of nitrogens with zero attached hydrogens (tertiary/aromatic N) is 10. The maximum atomic E-state index is 14.3. The van der Waals surface area contributed by atoms with Crippen molar-refractivity contribution in [2.75, 3.05) is 94.3 Å². The van der Waals surface area contributed by atoms with Crippen LogP contribution in [0.5, 0.6) is 0 Å². The topological polar surface area (TPSA) is 183 Å². The zero-order valence-electron chi connectivity index (χ0n) is 35.3. The Kier molecular flexibility index (Phi) is 12.2. The van der Waals surface area contributed by atoms with Crippen LogP contribution in [0.25, 0.3) is 5.65 Å². The number of nitrogens with one attached hydrogen (secondary N) is 2. The lowest BCUT2D eigenvalue weighted by Crippen LogP contribution is -2.54. The van der Waals surface area contributed by atoms with Crippen molar-refractivity contribution in [1.29, 1.82) is 0 Å². The molecular formula is C43H52F2N12O6. The van der Waals surface area contributed by atoms with Gasteiger partial charge in [-0.2, -0.15) is 10.2 Å². The van der Waals surface area contributed by atoms with E-state index in [0.717, 1.165) is 69.7 Å². The average Bonchev–Trinajstić information content (AvgIpc) is 3.98. The highest BCUT2D eigenvalue weighted by Crippen LogP contribution is 2.37. The molecule has 3 saturated heterocycles. The molecule has 2 N–H and O–H groups in total. The van der Waals surface area contributed by atoms with Crippen LogP contribution < -0.4 is 20.4 Å². The second-order valence-electron chi connectivity index (χ2n) is 17.1. The summed E-state index contributed by atoms with van der Waals surface area (Å²) in [6.45, 7) is 8.27. The fourth-order valence-electron chi connectivity index (χ4n) is 9.69. The first-order valence-electron chi connectivity index (χ1n) is 21.9. The molecule has 1 aromatic carbocycles. The van der Waals surface area contributed by atoms with Gasteiger partial charge in [-0.1, -0.05) is 6.07 Å². The molecule has 3 aromatic heterocycles. The van der Waals surface area contributed by atoms with Crippen LogP contribution >= 0.6 is 0 Å². The third kappa shape index (κ3) is 8.75. The average molecular weight is 871 g/mol. The van der Waals surface area contributed by atoms with Gasteiger partial charge in [-0.25, -0.2) is 18.3 Å². The Morgan fingerprint density at radius 3 is 2.49 bits per heavy atom. The lowest BCUT2D eigenvalue weighted by molar-refractivity contribution is -0.136. The number of aromatic nitrogens is 5. The van der Waals surface area contributed by atoms with Crippen LogP contribution in [0.2, 0.25) is 0 Å². The summed E-state index contributed by atoms with van der Waals surface area (Å²) in [7, 11) is 2.14. The van der Waals surface area contributed by atoms with Crippen molar-refractivity contribution in [3.05, 3.63) is 65.2 Å². The van der Waals surface area contributed by atoms with Crippen LogP contribution in [0.4, 0.5) is 26.0 Å². The highest BCUT2D eigenvalue weighted by Gasteiger charge is 2.46. The minimum Gasteiger partial charge on any atom is -0.378 e. The maximum absolute atomic E-state index is 14.3. The quantitative estimate of drug-likeness (QED) is 0.187. The lowest BCUT2D eigenvalue weighted by atomic mass is 9.86. The van der Waals surface area contributed by atoms with Gasteiger partial charge in [0.1, 0.15) is 17.4 Å². The fraction of sp³-hybridized carbons (Fsp3) is 0.535. The molecule has 1 unspecified atom stereocenters. The summed E-state index contributed by atoms with van der Waals surface area (Å²) in [5, 5.41) is 13.4. The zero-order chi connectivity index (χ0) is 43.8. The van der Waals surface area contributed by atoms with Crippen molar-refractivity contribution in [1.82, 2.24) is 44.4 Å². The number of halogens is 2. The van der Waals surface area contributed by atoms with Gasteiger partial charge in [0.15, 0.2) is 11.3 Å². The minimum atomic E-state index is -2.87. The van der Waals surface area contributed by atoms with Crippen molar-refractivity contribution in [3.8, 4) is 0 Å². The number of alkyl halides is 2. The van der Waals surface area contributed by atoms with E-state index >= 15 is 0 Å². The van der Waals surface area contributed by atoms with E-state index in [1.165, 1.54) is 16.9 Å². The molecule has 4 aliphatic heterocycles. The number of hydrogen-bond acceptors (Lipinski definition) is 13. The van der Waals surface area contributed by atoms with Crippen LogP contribution in [0.15, 0.2) is 42.9 Å². The van der Waals surface area contributed by atoms with Crippen molar-refractivity contribution in [3.63, 3.8) is 0 Å². The van der Waals surface area contributed by atoms with Crippen LogP contribution in [-0.4, -0.2) is 154 Å². The van der Waals surface area contributed by atoms with E-state index in [9.17, 15) is 32.8 Å². The first kappa shape index (κ1) is 42.4. The van der Waals surface area contributed by atoms with Gasteiger partial charge in [-0.05, 0) is 82.8 Å². The van der Waals surface area contributed by atoms with Gasteiger partial charge in [-0.3, -0.25) is 43.8 Å². The second-order valence-corrected chi connectivity index (χ2v) is 17.1. The number of amides is 5. The van der Waals surface area contributed by atoms with Crippen molar-refractivity contribution in [2.45, 2.75) is 63.5 Å². The van der Waals surface area contributed by atoms with E-state index < -0.39 is 47.7 Å². The molecular weight excluding hydrogens is 819 g/mol. The summed E-state index contributed by atoms with van der Waals surface area (Å²) in [4.78, 5) is 79.3. The molecule has 0 spiro atoms. The van der Waals surface area contributed by atoms with Crippen molar-refractivity contribution >= 4 is 52.4 Å². The van der Waals surface area contributed by atoms with E-state index in [1.54, 1.807) is 23.0 Å². The number of piperidine rings is 1. The predicted octanol–water partition coefficient (Wildman–Crippen LogP) is 3.23. The van der Waals surface area contributed by atoms with Crippen molar-refractivity contribution in [2.24, 2.45) is 5.92 Å². The number of anilines is 3. The number of imide groups is 2. The molecule has 63 heavy (non-hydrogen) atoms. The predicted molar refractivity (Wildman–Crippen MR) is 226 cm³/mol. The Morgan fingerprint density at radius 2 is 1.75 bits per heavy atom. The van der Waals surface area contributed by atoms with E-state index in [1.807, 2.05) is 12.1 Å². The molecule has 4 fully saturated rings. The first-order valence-corrected chi connectivity index (χ1v) is 21.9. The smallest absolute Gasteiger partial charge is 0.284 e. The Bertz CT molecular complexity index is 2380. The highest BCUT2D eigenvalue weighted by molar-refractivity contribution is 6.25. The van der Waals surface area contributed by atoms with E-state index in [0.29, 0.717) is 68.0 Å². The number of benzene rings is 1. The third-order valence-electron chi connectivity index (χ3n) is 13.1. The zero-order valence-corrected chi connectivity index (χ0v) is 35.3. The Balaban J connectivity index is 0.725. The Hall–Kier alpha value is -5.86. The molecule has 1 saturated carbocycles. The SMILES string of the molecule is CN(CCCN1CCN(c2cccc3c2C(=O)N(C2CCC(=O)NC2=O)C3=O)CC1)C[C@H]1CC[C@H](n2cc(NC(=O)c3cnn4ccc(N5CCOCC5)nc34)c(C(F)F)n2)CC1. The summed E-state index contributed by atoms with van der Waals surface area (Å²) < 4.78 is 37.0. The summed E-state index contributed by atoms with van der Waals surface area (Å²) >= 11 is 0. The highest BCUT2D eigenvalue weighted by atomic mass is 19.3. The molecule has 9 rings (SSSR count). The van der Waals surface area contributed by atoms with E-state index in [2.05, 4.69) is 52.5 Å². The molecule has 0 radical (unpaired) electrons. The number of hydrogen-bond donors (Lipinski definition) is 2. The van der Waals surface area contributed by atoms with E-state index in [4.69, 9.17) is 4.74 Å². The minimum absolute atomic E-state index is 0.0181. The largest absolute Gasteiger partial charge is 0.378 e. The lowest BCUT2D eigenvalue weighted by Gasteiger charge is -2.37. The molecule has 1 aliphatic carbocycles. The second kappa shape index (κ2) is 18.1. The van der Waals surface area contributed by atoms with Gasteiger partial charge in [0.2, 0.25) is 11.8 Å². The number of fused-ring (bicyclic) bond motifs is 2. The molecule has 20 heteroatoms. The number of rotatable bonds is 13. The summed E-state index contributed by atoms with van der Waals surface area (Å²) in [6.07, 6.45) is 6.41. The molecule has 334 valence electrons. The number of morpholine rings is 1. The monoisotopic (exact) mass is 870 g/mol. The van der Waals surface area contributed by atoms with Crippen LogP contribution in [-0.2, 0) is 14.3 Å². The molecule has 7 heterocycles.